The number of nitrogens with zero attached hydrogens (tertiary/aromatic N) is 2. The van der Waals surface area contributed by atoms with Crippen LogP contribution in [-0.4, -0.2) is 53.5 Å². The normalized spacial score (nSPS) is 27.9. The summed E-state index contributed by atoms with van der Waals surface area (Å²) in [7, 11) is 2.17. The van der Waals surface area contributed by atoms with Crippen molar-refractivity contribution in [2.75, 3.05) is 32.1 Å². The first kappa shape index (κ1) is 11.7. The van der Waals surface area contributed by atoms with Gasteiger partial charge in [-0.1, -0.05) is 27.7 Å². The Morgan fingerprint density at radius 1 is 1.53 bits per heavy atom. The third-order valence-corrected chi connectivity index (χ3v) is 5.40. The quantitative estimate of drug-likeness (QED) is 0.728. The second-order valence-electron chi connectivity index (χ2n) is 3.97. The molecule has 1 unspecified atom stereocenters. The topological polar surface area (TPSA) is 24.8 Å². The van der Waals surface area contributed by atoms with Crippen molar-refractivity contribution < 1.29 is 4.74 Å². The van der Waals surface area contributed by atoms with E-state index in [0.29, 0.717) is 11.3 Å². The number of ether oxygens (including phenoxy) is 1. The largest absolute Gasteiger partial charge is 0.381 e. The van der Waals surface area contributed by atoms with Crippen LogP contribution in [-0.2, 0) is 4.74 Å². The van der Waals surface area contributed by atoms with Gasteiger partial charge >= 0.3 is 0 Å². The van der Waals surface area contributed by atoms with Crippen molar-refractivity contribution in [3.8, 4) is 0 Å². The minimum atomic E-state index is 0.624. The average molecular weight is 293 g/mol. The van der Waals surface area contributed by atoms with E-state index in [4.69, 9.17) is 4.74 Å². The van der Waals surface area contributed by atoms with Crippen LogP contribution in [0.25, 0.3) is 0 Å². The SMILES string of the molecule is CN(C1=NCC(CBr)S1)C1CCOCC1. The molecule has 0 aromatic rings. The summed E-state index contributed by atoms with van der Waals surface area (Å²) < 4.78 is 5.37. The second-order valence-corrected chi connectivity index (χ2v) is 5.89. The molecule has 2 aliphatic heterocycles. The molecule has 0 spiro atoms. The number of hydrogen-bond acceptors (Lipinski definition) is 4. The van der Waals surface area contributed by atoms with Crippen LogP contribution in [0.4, 0.5) is 0 Å². The number of hydrogen-bond donors (Lipinski definition) is 0. The Morgan fingerprint density at radius 3 is 2.87 bits per heavy atom. The maximum absolute atomic E-state index is 5.37. The van der Waals surface area contributed by atoms with E-state index < -0.39 is 0 Å². The molecule has 0 radical (unpaired) electrons. The molecule has 3 nitrogen and oxygen atoms in total. The molecule has 0 aromatic carbocycles. The van der Waals surface area contributed by atoms with Gasteiger partial charge in [0.25, 0.3) is 0 Å². The molecule has 1 atom stereocenters. The van der Waals surface area contributed by atoms with Gasteiger partial charge in [0.2, 0.25) is 0 Å². The van der Waals surface area contributed by atoms with Crippen LogP contribution in [0.1, 0.15) is 12.8 Å². The highest BCUT2D eigenvalue weighted by atomic mass is 79.9. The fourth-order valence-corrected chi connectivity index (χ4v) is 3.48. The van der Waals surface area contributed by atoms with Gasteiger partial charge in [0, 0.05) is 36.9 Å². The number of alkyl halides is 1. The lowest BCUT2D eigenvalue weighted by Crippen LogP contribution is -2.39. The van der Waals surface area contributed by atoms with Gasteiger partial charge in [-0.25, -0.2) is 0 Å². The van der Waals surface area contributed by atoms with Gasteiger partial charge < -0.3 is 9.64 Å². The number of thioether (sulfide) groups is 1. The summed E-state index contributed by atoms with van der Waals surface area (Å²) in [6.07, 6.45) is 2.27. The maximum Gasteiger partial charge on any atom is 0.159 e. The van der Waals surface area contributed by atoms with Crippen molar-refractivity contribution in [1.29, 1.82) is 0 Å². The van der Waals surface area contributed by atoms with Crippen molar-refractivity contribution in [2.24, 2.45) is 4.99 Å². The summed E-state index contributed by atoms with van der Waals surface area (Å²) in [4.78, 5) is 6.94. The molecule has 5 heteroatoms. The zero-order valence-corrected chi connectivity index (χ0v) is 11.4. The summed E-state index contributed by atoms with van der Waals surface area (Å²) in [6.45, 7) is 2.75. The highest BCUT2D eigenvalue weighted by Crippen LogP contribution is 2.27. The molecule has 1 saturated heterocycles. The predicted molar refractivity (Wildman–Crippen MR) is 69.1 cm³/mol. The molecule has 86 valence electrons. The molecular weight excluding hydrogens is 276 g/mol. The van der Waals surface area contributed by atoms with Gasteiger partial charge in [0.05, 0.1) is 6.54 Å². The van der Waals surface area contributed by atoms with Crippen LogP contribution in [0.3, 0.4) is 0 Å². The van der Waals surface area contributed by atoms with Crippen LogP contribution in [0, 0.1) is 0 Å². The molecule has 2 heterocycles. The van der Waals surface area contributed by atoms with Crippen LogP contribution in [0.5, 0.6) is 0 Å². The molecule has 0 saturated carbocycles. The fourth-order valence-electron chi connectivity index (χ4n) is 1.91. The van der Waals surface area contributed by atoms with E-state index in [1.165, 1.54) is 5.17 Å². The highest BCUT2D eigenvalue weighted by molar-refractivity contribution is 9.09. The van der Waals surface area contributed by atoms with Crippen molar-refractivity contribution in [3.05, 3.63) is 0 Å². The van der Waals surface area contributed by atoms with E-state index in [-0.39, 0.29) is 0 Å². The maximum atomic E-state index is 5.37. The minimum Gasteiger partial charge on any atom is -0.381 e. The standard InChI is InChI=1S/C10H17BrN2OS/c1-13(8-2-4-14-5-3-8)10-12-7-9(6-11)15-10/h8-9H,2-7H2,1H3. The van der Waals surface area contributed by atoms with Gasteiger partial charge in [0.15, 0.2) is 5.17 Å². The van der Waals surface area contributed by atoms with Crippen LogP contribution in [0.2, 0.25) is 0 Å². The smallest absolute Gasteiger partial charge is 0.159 e. The molecule has 0 amide bonds. The van der Waals surface area contributed by atoms with Crippen LogP contribution >= 0.6 is 27.7 Å². The molecule has 2 aliphatic rings. The molecule has 0 aliphatic carbocycles. The summed E-state index contributed by atoms with van der Waals surface area (Å²) >= 11 is 5.42. The van der Waals surface area contributed by atoms with Crippen molar-refractivity contribution in [1.82, 2.24) is 4.90 Å². The molecular formula is C10H17BrN2OS. The van der Waals surface area contributed by atoms with Crippen molar-refractivity contribution >= 4 is 32.9 Å². The summed E-state index contributed by atoms with van der Waals surface area (Å²) in [5, 5.41) is 2.88. The highest BCUT2D eigenvalue weighted by Gasteiger charge is 2.26. The number of rotatable bonds is 2. The minimum absolute atomic E-state index is 0.624. The van der Waals surface area contributed by atoms with Gasteiger partial charge in [-0.05, 0) is 12.8 Å². The average Bonchev–Trinajstić information content (AvgIpc) is 2.78. The van der Waals surface area contributed by atoms with Gasteiger partial charge in [-0.2, -0.15) is 0 Å². The van der Waals surface area contributed by atoms with E-state index in [1.807, 2.05) is 11.8 Å². The van der Waals surface area contributed by atoms with Crippen LogP contribution < -0.4 is 0 Å². The van der Waals surface area contributed by atoms with E-state index >= 15 is 0 Å². The molecule has 0 N–H and O–H groups in total. The predicted octanol–water partition coefficient (Wildman–Crippen LogP) is 1.96. The molecule has 0 aromatic heterocycles. The second kappa shape index (κ2) is 5.55. The van der Waals surface area contributed by atoms with E-state index in [2.05, 4.69) is 32.9 Å². The Kier molecular flexibility index (Phi) is 4.34. The molecule has 15 heavy (non-hydrogen) atoms. The zero-order valence-electron chi connectivity index (χ0n) is 8.99. The Morgan fingerprint density at radius 2 is 2.27 bits per heavy atom. The van der Waals surface area contributed by atoms with Crippen molar-refractivity contribution in [2.45, 2.75) is 24.1 Å². The monoisotopic (exact) mass is 292 g/mol. The number of amidine groups is 1. The molecule has 0 bridgehead atoms. The number of aliphatic imine (C=N–C) groups is 1. The first-order valence-electron chi connectivity index (χ1n) is 5.39. The molecule has 2 rings (SSSR count). The fraction of sp³-hybridized carbons (Fsp3) is 0.900. The Bertz CT molecular complexity index is 244. The Balaban J connectivity index is 1.87. The lowest BCUT2D eigenvalue weighted by atomic mass is 10.1. The first-order chi connectivity index (χ1) is 7.31. The van der Waals surface area contributed by atoms with Gasteiger partial charge in [-0.3, -0.25) is 4.99 Å². The third-order valence-electron chi connectivity index (χ3n) is 2.91. The van der Waals surface area contributed by atoms with Gasteiger partial charge in [-0.15, -0.1) is 0 Å². The lowest BCUT2D eigenvalue weighted by Gasteiger charge is -2.32. The van der Waals surface area contributed by atoms with E-state index in [0.717, 1.165) is 37.9 Å². The number of halogens is 1. The summed E-state index contributed by atoms with van der Waals surface area (Å²) in [5.41, 5.74) is 0. The first-order valence-corrected chi connectivity index (χ1v) is 7.39. The Hall–Kier alpha value is 0.260. The summed E-state index contributed by atoms with van der Waals surface area (Å²) in [6, 6.07) is 0.624. The zero-order chi connectivity index (χ0) is 10.7. The third kappa shape index (κ3) is 2.88. The summed E-state index contributed by atoms with van der Waals surface area (Å²) in [5.74, 6) is 0. The van der Waals surface area contributed by atoms with Crippen molar-refractivity contribution in [3.63, 3.8) is 0 Å². The van der Waals surface area contributed by atoms with Gasteiger partial charge in [0.1, 0.15) is 0 Å². The van der Waals surface area contributed by atoms with E-state index in [1.54, 1.807) is 0 Å². The Labute approximate surface area is 104 Å². The molecule has 1 fully saturated rings. The van der Waals surface area contributed by atoms with Crippen LogP contribution in [0.15, 0.2) is 4.99 Å². The van der Waals surface area contributed by atoms with E-state index in [9.17, 15) is 0 Å². The lowest BCUT2D eigenvalue weighted by molar-refractivity contribution is 0.0612.